The van der Waals surface area contributed by atoms with Gasteiger partial charge in [0, 0.05) is 44.0 Å². The van der Waals surface area contributed by atoms with Crippen LogP contribution in [-0.2, 0) is 30.8 Å². The van der Waals surface area contributed by atoms with Gasteiger partial charge in [0.15, 0.2) is 0 Å². The molecule has 0 saturated carbocycles. The second kappa shape index (κ2) is 17.8. The Bertz CT molecular complexity index is 1900. The van der Waals surface area contributed by atoms with E-state index in [0.29, 0.717) is 49.7 Å². The molecule has 0 unspecified atom stereocenters. The quantitative estimate of drug-likeness (QED) is 0.134. The molecule has 4 aromatic rings. The van der Waals surface area contributed by atoms with Crippen LogP contribution in [0.4, 0.5) is 18.9 Å². The molecule has 17 heteroatoms. The summed E-state index contributed by atoms with van der Waals surface area (Å²) in [5, 5.41) is 21.5. The van der Waals surface area contributed by atoms with Gasteiger partial charge in [-0.2, -0.15) is 13.2 Å². The number of imidazole rings is 1. The molecule has 52 heavy (non-hydrogen) atoms. The van der Waals surface area contributed by atoms with E-state index in [1.165, 1.54) is 12.1 Å². The first kappa shape index (κ1) is 40.2. The van der Waals surface area contributed by atoms with Gasteiger partial charge in [0.05, 0.1) is 47.1 Å². The van der Waals surface area contributed by atoms with Gasteiger partial charge in [-0.15, -0.1) is 0 Å². The van der Waals surface area contributed by atoms with Crippen molar-refractivity contribution in [3.05, 3.63) is 90.3 Å². The number of morpholine rings is 1. The van der Waals surface area contributed by atoms with Crippen LogP contribution in [0.3, 0.4) is 0 Å². The van der Waals surface area contributed by atoms with Crippen LogP contribution in [0, 0.1) is 0 Å². The summed E-state index contributed by atoms with van der Waals surface area (Å²) in [6, 6.07) is 20.4. The number of benzene rings is 3. The molecule has 1 aliphatic heterocycles. The van der Waals surface area contributed by atoms with Crippen LogP contribution in [0.25, 0.3) is 11.0 Å². The van der Waals surface area contributed by atoms with Crippen LogP contribution < -0.4 is 10.0 Å². The SMILES string of the molecule is CC(C)(CCn1cnc2cc(C(=O)OCCN3CCOCC3)ccc21)NC[C@H](O)c1cccc(NS(=O)(=O)c2ccccc2)c1.O=C(O)C(F)(F)F. The molecule has 1 atom stereocenters. The highest BCUT2D eigenvalue weighted by Crippen LogP contribution is 2.23. The Morgan fingerprint density at radius 1 is 1.00 bits per heavy atom. The number of hydrogen-bond donors (Lipinski definition) is 4. The molecule has 4 N–H and O–H groups in total. The number of fused-ring (bicyclic) bond motifs is 1. The largest absolute Gasteiger partial charge is 0.490 e. The highest BCUT2D eigenvalue weighted by molar-refractivity contribution is 7.92. The van der Waals surface area contributed by atoms with Crippen LogP contribution >= 0.6 is 0 Å². The summed E-state index contributed by atoms with van der Waals surface area (Å²) < 4.78 is 72.6. The molecule has 0 radical (unpaired) electrons. The molecule has 13 nitrogen and oxygen atoms in total. The van der Waals surface area contributed by atoms with E-state index in [1.54, 1.807) is 60.9 Å². The number of aliphatic hydroxyl groups is 1. The molecular formula is C35H42F3N5O8S. The van der Waals surface area contributed by atoms with Gasteiger partial charge in [-0.25, -0.2) is 23.0 Å². The number of carboxylic acids is 1. The lowest BCUT2D eigenvalue weighted by Crippen LogP contribution is -2.42. The maximum atomic E-state index is 12.7. The van der Waals surface area contributed by atoms with Crippen LogP contribution in [0.5, 0.6) is 0 Å². The highest BCUT2D eigenvalue weighted by Gasteiger charge is 2.38. The van der Waals surface area contributed by atoms with Crippen molar-refractivity contribution in [3.63, 3.8) is 0 Å². The van der Waals surface area contributed by atoms with E-state index < -0.39 is 28.3 Å². The van der Waals surface area contributed by atoms with Gasteiger partial charge in [-0.1, -0.05) is 30.3 Å². The monoisotopic (exact) mass is 749 g/mol. The standard InChI is InChI=1S/C33H41N5O6S.C2HF3O2/c1-33(2,35-23-31(39)25-7-6-8-27(21-25)36-45(41,42)28-9-4-3-5-10-28)13-14-38-24-34-29-22-26(11-12-30(29)38)32(40)44-20-17-37-15-18-43-19-16-37;3-2(4,5)1(6)7/h3-12,21-22,24,31,35-36,39H,13-20,23H2,1-2H3;(H,6,7)/t31-;/m0./s1. The normalized spacial score (nSPS) is 14.7. The second-order valence-electron chi connectivity index (χ2n) is 12.6. The second-order valence-corrected chi connectivity index (χ2v) is 14.3. The minimum atomic E-state index is -5.08. The topological polar surface area (TPSA) is 172 Å². The van der Waals surface area contributed by atoms with Gasteiger partial charge in [0.1, 0.15) is 6.61 Å². The number of aryl methyl sites for hydroxylation is 1. The van der Waals surface area contributed by atoms with Crippen molar-refractivity contribution in [1.82, 2.24) is 19.8 Å². The van der Waals surface area contributed by atoms with Crippen molar-refractivity contribution >= 4 is 38.7 Å². The van der Waals surface area contributed by atoms with Gasteiger partial charge >= 0.3 is 18.1 Å². The van der Waals surface area contributed by atoms with E-state index in [0.717, 1.165) is 30.5 Å². The smallest absolute Gasteiger partial charge is 0.475 e. The van der Waals surface area contributed by atoms with Crippen LogP contribution in [0.15, 0.2) is 84.0 Å². The van der Waals surface area contributed by atoms with Crippen molar-refractivity contribution in [1.29, 1.82) is 0 Å². The Labute approximate surface area is 299 Å². The molecule has 1 aromatic heterocycles. The van der Waals surface area contributed by atoms with Crippen molar-refractivity contribution < 1.29 is 50.9 Å². The number of aromatic nitrogens is 2. The number of ether oxygens (including phenoxy) is 2. The summed E-state index contributed by atoms with van der Waals surface area (Å²) in [7, 11) is -3.73. The van der Waals surface area contributed by atoms with Crippen LogP contribution in [0.2, 0.25) is 0 Å². The first-order valence-corrected chi connectivity index (χ1v) is 17.9. The van der Waals surface area contributed by atoms with Crippen LogP contribution in [0.1, 0.15) is 42.3 Å². The number of carbonyl (C=O) groups excluding carboxylic acids is 1. The molecule has 0 bridgehead atoms. The van der Waals surface area contributed by atoms with E-state index in [2.05, 4.69) is 33.8 Å². The molecule has 0 aliphatic carbocycles. The molecule has 2 heterocycles. The molecule has 3 aromatic carbocycles. The molecular weight excluding hydrogens is 707 g/mol. The van der Waals surface area contributed by atoms with E-state index in [-0.39, 0.29) is 22.9 Å². The summed E-state index contributed by atoms with van der Waals surface area (Å²) >= 11 is 0. The van der Waals surface area contributed by atoms with Gasteiger partial charge < -0.3 is 29.6 Å². The van der Waals surface area contributed by atoms with Gasteiger partial charge in [-0.3, -0.25) is 9.62 Å². The average molecular weight is 750 g/mol. The fourth-order valence-electron chi connectivity index (χ4n) is 5.15. The van der Waals surface area contributed by atoms with Crippen molar-refractivity contribution in [2.45, 2.75) is 49.5 Å². The number of aliphatic carboxylic acids is 1. The number of nitrogens with zero attached hydrogens (tertiary/aromatic N) is 3. The fraction of sp³-hybridized carbons (Fsp3) is 0.400. The number of esters is 1. The highest BCUT2D eigenvalue weighted by atomic mass is 32.2. The zero-order valence-corrected chi connectivity index (χ0v) is 29.5. The summed E-state index contributed by atoms with van der Waals surface area (Å²) in [6.07, 6.45) is -3.41. The number of alkyl halides is 3. The van der Waals surface area contributed by atoms with Crippen LogP contribution in [-0.4, -0.2) is 103 Å². The number of β-amino-alcohol motifs (C(OH)–C–C–N with tert-alkyl or cyclic N) is 1. The lowest BCUT2D eigenvalue weighted by atomic mass is 9.99. The third kappa shape index (κ3) is 12.0. The number of sulfonamides is 1. The summed E-state index contributed by atoms with van der Waals surface area (Å²) in [4.78, 5) is 28.4. The summed E-state index contributed by atoms with van der Waals surface area (Å²) in [5.74, 6) is -3.12. The van der Waals surface area contributed by atoms with E-state index in [4.69, 9.17) is 19.4 Å². The van der Waals surface area contributed by atoms with Crippen molar-refractivity contribution in [3.8, 4) is 0 Å². The Kier molecular flexibility index (Phi) is 13.8. The number of nitrogens with one attached hydrogen (secondary N) is 2. The number of carboxylic acid groups (broad SMARTS) is 1. The Hall–Kier alpha value is -4.55. The number of aliphatic hydroxyl groups excluding tert-OH is 1. The van der Waals surface area contributed by atoms with E-state index >= 15 is 0 Å². The first-order valence-electron chi connectivity index (χ1n) is 16.4. The predicted octanol–water partition coefficient (Wildman–Crippen LogP) is 4.45. The molecule has 0 amide bonds. The Morgan fingerprint density at radius 2 is 1.69 bits per heavy atom. The fourth-order valence-corrected chi connectivity index (χ4v) is 6.22. The van der Waals surface area contributed by atoms with E-state index in [9.17, 15) is 31.5 Å². The Balaban J connectivity index is 0.000000785. The maximum Gasteiger partial charge on any atom is 0.490 e. The molecule has 1 aliphatic rings. The maximum absolute atomic E-state index is 12.7. The third-order valence-electron chi connectivity index (χ3n) is 8.17. The molecule has 0 spiro atoms. The number of hydrogen-bond acceptors (Lipinski definition) is 10. The zero-order chi connectivity index (χ0) is 37.9. The predicted molar refractivity (Wildman–Crippen MR) is 186 cm³/mol. The van der Waals surface area contributed by atoms with Gasteiger partial charge in [0.25, 0.3) is 10.0 Å². The summed E-state index contributed by atoms with van der Waals surface area (Å²) in [6.45, 7) is 9.22. The van der Waals surface area contributed by atoms with E-state index in [1.807, 2.05) is 10.6 Å². The van der Waals surface area contributed by atoms with Gasteiger partial charge in [-0.05, 0) is 68.3 Å². The molecule has 282 valence electrons. The van der Waals surface area contributed by atoms with Crippen molar-refractivity contribution in [2.24, 2.45) is 0 Å². The van der Waals surface area contributed by atoms with Crippen molar-refractivity contribution in [2.75, 3.05) is 50.7 Å². The molecule has 1 saturated heterocycles. The minimum Gasteiger partial charge on any atom is -0.475 e. The number of rotatable bonds is 14. The lowest BCUT2D eigenvalue weighted by molar-refractivity contribution is -0.192. The lowest BCUT2D eigenvalue weighted by Gasteiger charge is -2.28. The van der Waals surface area contributed by atoms with Gasteiger partial charge in [0.2, 0.25) is 0 Å². The number of carbonyl (C=O) groups is 2. The Morgan fingerprint density at radius 3 is 2.37 bits per heavy atom. The summed E-state index contributed by atoms with van der Waals surface area (Å²) in [5.41, 5.74) is 2.78. The average Bonchev–Trinajstić information content (AvgIpc) is 3.53. The number of halogens is 3. The zero-order valence-electron chi connectivity index (χ0n) is 28.7. The molecule has 5 rings (SSSR count). The third-order valence-corrected chi connectivity index (χ3v) is 9.57. The molecule has 1 fully saturated rings. The first-order chi connectivity index (χ1) is 24.5. The number of anilines is 1. The minimum absolute atomic E-state index is 0.170.